The maximum atomic E-state index is 12.8. The van der Waals surface area contributed by atoms with Gasteiger partial charge in [-0.2, -0.15) is 0 Å². The number of carbonyl (C=O) groups is 2. The number of thioether (sulfide) groups is 1. The van der Waals surface area contributed by atoms with Gasteiger partial charge in [-0.05, 0) is 37.1 Å². The Morgan fingerprint density at radius 3 is 2.61 bits per heavy atom. The van der Waals surface area contributed by atoms with Crippen LogP contribution in [0.2, 0.25) is 5.02 Å². The number of ether oxygens (including phenoxy) is 1. The minimum Gasteiger partial charge on any atom is -0.464 e. The van der Waals surface area contributed by atoms with Crippen molar-refractivity contribution in [1.29, 1.82) is 0 Å². The first-order chi connectivity index (χ1) is 11.1. The fourth-order valence-electron chi connectivity index (χ4n) is 2.49. The van der Waals surface area contributed by atoms with Crippen LogP contribution in [0.5, 0.6) is 0 Å². The maximum absolute atomic E-state index is 12.8. The first-order valence-corrected chi connectivity index (χ1v) is 9.37. The number of hydrogen-bond acceptors (Lipinski definition) is 4. The third kappa shape index (κ3) is 4.42. The second-order valence-electron chi connectivity index (χ2n) is 5.45. The molecule has 1 aromatic rings. The molecule has 0 aliphatic carbocycles. The van der Waals surface area contributed by atoms with Gasteiger partial charge >= 0.3 is 5.97 Å². The Labute approximate surface area is 146 Å². The maximum Gasteiger partial charge on any atom is 0.329 e. The van der Waals surface area contributed by atoms with Gasteiger partial charge in [0.25, 0.3) is 5.91 Å². The topological polar surface area (TPSA) is 46.6 Å². The zero-order chi connectivity index (χ0) is 16.8. The second kappa shape index (κ2) is 8.60. The lowest BCUT2D eigenvalue weighted by molar-refractivity contribution is -0.148. The predicted octanol–water partition coefficient (Wildman–Crippen LogP) is 3.98. The summed E-state index contributed by atoms with van der Waals surface area (Å²) in [6, 6.07) is 6.26. The summed E-state index contributed by atoms with van der Waals surface area (Å²) in [4.78, 5) is 26.8. The number of nitrogens with zero attached hydrogens (tertiary/aromatic N) is 1. The van der Waals surface area contributed by atoms with Crippen LogP contribution < -0.4 is 0 Å². The third-order valence-corrected chi connectivity index (χ3v) is 5.49. The first kappa shape index (κ1) is 18.1. The summed E-state index contributed by atoms with van der Waals surface area (Å²) in [6.07, 6.45) is 2.61. The summed E-state index contributed by atoms with van der Waals surface area (Å²) >= 11 is 7.51. The number of rotatable bonds is 6. The highest BCUT2D eigenvalue weighted by atomic mass is 35.5. The predicted molar refractivity (Wildman–Crippen MR) is 93.8 cm³/mol. The molecule has 1 fully saturated rings. The van der Waals surface area contributed by atoms with E-state index in [2.05, 4.69) is 0 Å². The van der Waals surface area contributed by atoms with Gasteiger partial charge in [0.05, 0.1) is 12.0 Å². The summed E-state index contributed by atoms with van der Waals surface area (Å²) in [7, 11) is 0. The zero-order valence-corrected chi connectivity index (χ0v) is 15.0. The summed E-state index contributed by atoms with van der Waals surface area (Å²) in [5, 5.41) is 0.585. The molecule has 2 rings (SSSR count). The van der Waals surface area contributed by atoms with E-state index in [-0.39, 0.29) is 17.3 Å². The van der Waals surface area contributed by atoms with Crippen LogP contribution in [-0.4, -0.2) is 40.6 Å². The van der Waals surface area contributed by atoms with E-state index in [9.17, 15) is 9.59 Å². The molecular formula is C17H22ClNO3S. The molecule has 23 heavy (non-hydrogen) atoms. The van der Waals surface area contributed by atoms with Gasteiger partial charge in [0.15, 0.2) is 0 Å². The van der Waals surface area contributed by atoms with Gasteiger partial charge in [0.1, 0.15) is 6.04 Å². The molecule has 4 nitrogen and oxygen atoms in total. The Kier molecular flexibility index (Phi) is 6.78. The van der Waals surface area contributed by atoms with E-state index in [4.69, 9.17) is 16.3 Å². The van der Waals surface area contributed by atoms with Crippen LogP contribution in [0.25, 0.3) is 0 Å². The molecule has 1 aliphatic rings. The molecule has 1 heterocycles. The van der Waals surface area contributed by atoms with Crippen molar-refractivity contribution >= 4 is 35.2 Å². The standard InChI is InChI=1S/C17H22ClNO3S/c1-3-5-10-22-17(21)14-11-23-15(4-2)19(14)16(20)12-6-8-13(18)9-7-12/h6-9,14-15H,3-5,10-11H2,1-2H3. The summed E-state index contributed by atoms with van der Waals surface area (Å²) in [6.45, 7) is 4.48. The van der Waals surface area contributed by atoms with Crippen molar-refractivity contribution in [3.8, 4) is 0 Å². The van der Waals surface area contributed by atoms with Crippen molar-refractivity contribution in [3.63, 3.8) is 0 Å². The van der Waals surface area contributed by atoms with Crippen LogP contribution in [0.1, 0.15) is 43.5 Å². The van der Waals surface area contributed by atoms with Crippen LogP contribution in [0.3, 0.4) is 0 Å². The van der Waals surface area contributed by atoms with E-state index in [1.165, 1.54) is 0 Å². The molecule has 0 radical (unpaired) electrons. The SMILES string of the molecule is CCCCOC(=O)C1CSC(CC)N1C(=O)c1ccc(Cl)cc1. The molecule has 1 saturated heterocycles. The van der Waals surface area contributed by atoms with E-state index >= 15 is 0 Å². The van der Waals surface area contributed by atoms with Gasteiger partial charge in [-0.25, -0.2) is 4.79 Å². The van der Waals surface area contributed by atoms with Crippen LogP contribution in [0.15, 0.2) is 24.3 Å². The Hall–Kier alpha value is -1.20. The minimum absolute atomic E-state index is 0.00176. The molecule has 0 N–H and O–H groups in total. The molecule has 2 atom stereocenters. The van der Waals surface area contributed by atoms with Crippen molar-refractivity contribution in [3.05, 3.63) is 34.9 Å². The fraction of sp³-hybridized carbons (Fsp3) is 0.529. The van der Waals surface area contributed by atoms with Gasteiger partial charge in [0.2, 0.25) is 0 Å². The average Bonchev–Trinajstić information content (AvgIpc) is 2.99. The van der Waals surface area contributed by atoms with Crippen molar-refractivity contribution in [2.45, 2.75) is 44.5 Å². The van der Waals surface area contributed by atoms with Gasteiger partial charge < -0.3 is 9.64 Å². The van der Waals surface area contributed by atoms with Gasteiger partial charge in [-0.1, -0.05) is 31.9 Å². The molecule has 0 spiro atoms. The Morgan fingerprint density at radius 1 is 1.30 bits per heavy atom. The fourth-order valence-corrected chi connectivity index (χ4v) is 3.95. The first-order valence-electron chi connectivity index (χ1n) is 7.95. The highest BCUT2D eigenvalue weighted by molar-refractivity contribution is 8.00. The number of benzene rings is 1. The zero-order valence-electron chi connectivity index (χ0n) is 13.5. The number of halogens is 1. The smallest absolute Gasteiger partial charge is 0.329 e. The molecule has 6 heteroatoms. The average molecular weight is 356 g/mol. The van der Waals surface area contributed by atoms with E-state index in [0.29, 0.717) is 22.9 Å². The molecule has 1 aromatic carbocycles. The van der Waals surface area contributed by atoms with Crippen molar-refractivity contribution < 1.29 is 14.3 Å². The molecular weight excluding hydrogens is 334 g/mol. The van der Waals surface area contributed by atoms with Crippen LogP contribution in [0.4, 0.5) is 0 Å². The molecule has 0 saturated carbocycles. The molecule has 126 valence electrons. The number of unbranched alkanes of at least 4 members (excludes halogenated alkanes) is 1. The summed E-state index contributed by atoms with van der Waals surface area (Å²) in [5.41, 5.74) is 0.543. The highest BCUT2D eigenvalue weighted by Gasteiger charge is 2.41. The molecule has 0 aromatic heterocycles. The summed E-state index contributed by atoms with van der Waals surface area (Å²) < 4.78 is 5.33. The molecule has 2 unspecified atom stereocenters. The normalized spacial score (nSPS) is 20.6. The van der Waals surface area contributed by atoms with Gasteiger partial charge in [-0.3, -0.25) is 4.79 Å². The van der Waals surface area contributed by atoms with Crippen molar-refractivity contribution in [2.24, 2.45) is 0 Å². The molecule has 1 aliphatic heterocycles. The summed E-state index contributed by atoms with van der Waals surface area (Å²) in [5.74, 6) is 0.142. The quantitative estimate of drug-likeness (QED) is 0.572. The monoisotopic (exact) mass is 355 g/mol. The Balaban J connectivity index is 2.14. The molecule has 0 bridgehead atoms. The third-order valence-electron chi connectivity index (χ3n) is 3.78. The van der Waals surface area contributed by atoms with Gasteiger partial charge in [0, 0.05) is 16.3 Å². The lowest BCUT2D eigenvalue weighted by Crippen LogP contribution is -2.46. The van der Waals surface area contributed by atoms with Crippen molar-refractivity contribution in [2.75, 3.05) is 12.4 Å². The lowest BCUT2D eigenvalue weighted by Gasteiger charge is -2.27. The van der Waals surface area contributed by atoms with Crippen LogP contribution in [0, 0.1) is 0 Å². The van der Waals surface area contributed by atoms with E-state index in [0.717, 1.165) is 19.3 Å². The lowest BCUT2D eigenvalue weighted by atomic mass is 10.1. The van der Waals surface area contributed by atoms with E-state index < -0.39 is 6.04 Å². The number of hydrogen-bond donors (Lipinski definition) is 0. The Morgan fingerprint density at radius 2 is 2.00 bits per heavy atom. The number of amides is 1. The van der Waals surface area contributed by atoms with Gasteiger partial charge in [-0.15, -0.1) is 11.8 Å². The van der Waals surface area contributed by atoms with E-state index in [1.54, 1.807) is 40.9 Å². The second-order valence-corrected chi connectivity index (χ2v) is 7.10. The number of carbonyl (C=O) groups excluding carboxylic acids is 2. The molecule has 1 amide bonds. The Bertz CT molecular complexity index is 549. The highest BCUT2D eigenvalue weighted by Crippen LogP contribution is 2.33. The number of esters is 1. The van der Waals surface area contributed by atoms with Crippen LogP contribution in [-0.2, 0) is 9.53 Å². The van der Waals surface area contributed by atoms with Crippen LogP contribution >= 0.6 is 23.4 Å². The van der Waals surface area contributed by atoms with Crippen molar-refractivity contribution in [1.82, 2.24) is 4.90 Å². The van der Waals surface area contributed by atoms with E-state index in [1.807, 2.05) is 13.8 Å². The minimum atomic E-state index is -0.509. The largest absolute Gasteiger partial charge is 0.464 e.